The highest BCUT2D eigenvalue weighted by Crippen LogP contribution is 2.46. The van der Waals surface area contributed by atoms with Gasteiger partial charge < -0.3 is 24.4 Å². The zero-order valence-corrected chi connectivity index (χ0v) is 20.0. The van der Waals surface area contributed by atoms with Crippen LogP contribution in [0, 0.1) is 0 Å². The molecule has 1 aliphatic carbocycles. The van der Waals surface area contributed by atoms with Crippen LogP contribution >= 0.6 is 11.3 Å². The molecular formula is C26H28N2O4S. The number of hydrogen-bond acceptors (Lipinski definition) is 6. The maximum atomic E-state index is 13.4. The predicted octanol–water partition coefficient (Wildman–Crippen LogP) is 5.10. The van der Waals surface area contributed by atoms with E-state index >= 15 is 0 Å². The Morgan fingerprint density at radius 2 is 1.73 bits per heavy atom. The van der Waals surface area contributed by atoms with Gasteiger partial charge in [0.25, 0.3) is 5.91 Å². The number of nitrogens with zero attached hydrogens (tertiary/aromatic N) is 1. The van der Waals surface area contributed by atoms with Crippen molar-refractivity contribution in [2.45, 2.75) is 38.4 Å². The van der Waals surface area contributed by atoms with Crippen LogP contribution in [0.4, 0.5) is 5.00 Å². The van der Waals surface area contributed by atoms with Gasteiger partial charge >= 0.3 is 0 Å². The fourth-order valence-electron chi connectivity index (χ4n) is 4.76. The number of hydrogen-bond donors (Lipinski definition) is 1. The second-order valence-corrected chi connectivity index (χ2v) is 9.44. The van der Waals surface area contributed by atoms with Gasteiger partial charge in [0.15, 0.2) is 11.5 Å². The summed E-state index contributed by atoms with van der Waals surface area (Å²) in [6, 6.07) is 13.9. The van der Waals surface area contributed by atoms with Crippen molar-refractivity contribution in [3.63, 3.8) is 0 Å². The SMILES string of the molecule is COc1ccc(CN2c3sc4c(c3C(=O)N[C@H]2c2ccc(OC)c(OC)c2)CCCC4)cc1. The van der Waals surface area contributed by atoms with E-state index < -0.39 is 0 Å². The molecule has 6 nitrogen and oxygen atoms in total. The number of ether oxygens (including phenoxy) is 3. The second-order valence-electron chi connectivity index (χ2n) is 8.36. The van der Waals surface area contributed by atoms with Crippen LogP contribution in [0.1, 0.15) is 50.9 Å². The monoisotopic (exact) mass is 464 g/mol. The summed E-state index contributed by atoms with van der Waals surface area (Å²) in [6.07, 6.45) is 4.04. The van der Waals surface area contributed by atoms with Gasteiger partial charge in [0.2, 0.25) is 0 Å². The quantitative estimate of drug-likeness (QED) is 0.550. The minimum absolute atomic E-state index is 0.00941. The predicted molar refractivity (Wildman–Crippen MR) is 130 cm³/mol. The summed E-state index contributed by atoms with van der Waals surface area (Å²) in [5, 5.41) is 4.34. The fourth-order valence-corrected chi connectivity index (χ4v) is 6.17. The molecule has 0 fully saturated rings. The van der Waals surface area contributed by atoms with Gasteiger partial charge in [-0.15, -0.1) is 11.3 Å². The molecule has 1 amide bonds. The van der Waals surface area contributed by atoms with Gasteiger partial charge in [0.05, 0.1) is 26.9 Å². The van der Waals surface area contributed by atoms with Gasteiger partial charge in [0, 0.05) is 11.4 Å². The van der Waals surface area contributed by atoms with Crippen LogP contribution in [0.25, 0.3) is 0 Å². The molecule has 7 heteroatoms. The fraction of sp³-hybridized carbons (Fsp3) is 0.346. The summed E-state index contributed by atoms with van der Waals surface area (Å²) in [5.41, 5.74) is 4.20. The summed E-state index contributed by atoms with van der Waals surface area (Å²) < 4.78 is 16.3. The Labute approximate surface area is 198 Å². The number of amides is 1. The van der Waals surface area contributed by atoms with Crippen molar-refractivity contribution in [2.24, 2.45) is 0 Å². The first-order valence-corrected chi connectivity index (χ1v) is 12.0. The van der Waals surface area contributed by atoms with Gasteiger partial charge in [-0.05, 0) is 66.6 Å². The third-order valence-corrected chi connectivity index (χ3v) is 7.78. The Morgan fingerprint density at radius 3 is 2.45 bits per heavy atom. The van der Waals surface area contributed by atoms with Gasteiger partial charge in [-0.1, -0.05) is 18.2 Å². The number of thiophene rings is 1. The van der Waals surface area contributed by atoms with E-state index in [0.717, 1.165) is 46.7 Å². The van der Waals surface area contributed by atoms with Gasteiger partial charge in [-0.25, -0.2) is 0 Å². The molecular weight excluding hydrogens is 436 g/mol. The molecule has 2 heterocycles. The Kier molecular flexibility index (Phi) is 5.89. The molecule has 2 aliphatic rings. The number of nitrogens with one attached hydrogen (secondary N) is 1. The molecule has 3 aromatic rings. The highest BCUT2D eigenvalue weighted by Gasteiger charge is 2.37. The lowest BCUT2D eigenvalue weighted by atomic mass is 9.94. The van der Waals surface area contributed by atoms with E-state index in [9.17, 15) is 4.79 Å². The summed E-state index contributed by atoms with van der Waals surface area (Å²) in [7, 11) is 4.92. The van der Waals surface area contributed by atoms with E-state index in [1.54, 1.807) is 32.7 Å². The zero-order valence-electron chi connectivity index (χ0n) is 19.1. The third-order valence-electron chi connectivity index (χ3n) is 6.46. The lowest BCUT2D eigenvalue weighted by Crippen LogP contribution is -2.45. The van der Waals surface area contributed by atoms with Crippen LogP contribution in [0.2, 0.25) is 0 Å². The van der Waals surface area contributed by atoms with Gasteiger partial charge in [0.1, 0.15) is 16.9 Å². The molecule has 0 radical (unpaired) electrons. The third kappa shape index (κ3) is 3.91. The topological polar surface area (TPSA) is 60.0 Å². The lowest BCUT2D eigenvalue weighted by Gasteiger charge is -2.38. The molecule has 172 valence electrons. The number of anilines is 1. The summed E-state index contributed by atoms with van der Waals surface area (Å²) in [6.45, 7) is 0.662. The molecule has 1 aromatic heterocycles. The summed E-state index contributed by atoms with van der Waals surface area (Å²) in [5.74, 6) is 2.15. The van der Waals surface area contributed by atoms with E-state index in [2.05, 4.69) is 22.3 Å². The van der Waals surface area contributed by atoms with Gasteiger partial charge in [-0.2, -0.15) is 0 Å². The number of aryl methyl sites for hydroxylation is 1. The number of carbonyl (C=O) groups excluding carboxylic acids is 1. The minimum Gasteiger partial charge on any atom is -0.497 e. The molecule has 1 aliphatic heterocycles. The standard InChI is InChI=1S/C26H28N2O4S/c1-30-18-11-8-16(9-12-18)15-28-24(17-10-13-20(31-2)21(14-17)32-3)27-25(29)23-19-6-4-5-7-22(19)33-26(23)28/h8-14,24H,4-7,15H2,1-3H3,(H,27,29)/t24-/m1/s1. The highest BCUT2D eigenvalue weighted by molar-refractivity contribution is 7.16. The molecule has 5 rings (SSSR count). The maximum absolute atomic E-state index is 13.4. The first kappa shape index (κ1) is 21.6. The van der Waals surface area contributed by atoms with Crippen LogP contribution < -0.4 is 24.4 Å². The number of rotatable bonds is 6. The summed E-state index contributed by atoms with van der Waals surface area (Å²) in [4.78, 5) is 17.0. The van der Waals surface area contributed by atoms with E-state index in [-0.39, 0.29) is 12.1 Å². The first-order valence-electron chi connectivity index (χ1n) is 11.2. The van der Waals surface area contributed by atoms with Crippen molar-refractivity contribution in [1.82, 2.24) is 5.32 Å². The van der Waals surface area contributed by atoms with Crippen LogP contribution in [0.15, 0.2) is 42.5 Å². The Bertz CT molecular complexity index is 1170. The number of benzene rings is 2. The van der Waals surface area contributed by atoms with Crippen LogP contribution in [0.3, 0.4) is 0 Å². The van der Waals surface area contributed by atoms with Gasteiger partial charge in [-0.3, -0.25) is 4.79 Å². The average Bonchev–Trinajstić information content (AvgIpc) is 3.26. The van der Waals surface area contributed by atoms with Crippen molar-refractivity contribution in [3.8, 4) is 17.2 Å². The van der Waals surface area contributed by atoms with Crippen molar-refractivity contribution in [3.05, 3.63) is 69.6 Å². The molecule has 0 bridgehead atoms. The normalized spacial score (nSPS) is 17.1. The van der Waals surface area contributed by atoms with E-state index in [0.29, 0.717) is 18.0 Å². The molecule has 2 aromatic carbocycles. The second kappa shape index (κ2) is 8.98. The number of carbonyl (C=O) groups is 1. The number of fused-ring (bicyclic) bond motifs is 3. The Morgan fingerprint density at radius 1 is 0.970 bits per heavy atom. The van der Waals surface area contributed by atoms with Crippen LogP contribution in [0.5, 0.6) is 17.2 Å². The molecule has 1 atom stereocenters. The van der Waals surface area contributed by atoms with Crippen molar-refractivity contribution < 1.29 is 19.0 Å². The molecule has 0 saturated heterocycles. The van der Waals surface area contributed by atoms with Crippen molar-refractivity contribution >= 4 is 22.2 Å². The van der Waals surface area contributed by atoms with Crippen molar-refractivity contribution in [1.29, 1.82) is 0 Å². The largest absolute Gasteiger partial charge is 0.497 e. The molecule has 0 saturated carbocycles. The lowest BCUT2D eigenvalue weighted by molar-refractivity contribution is 0.0925. The maximum Gasteiger partial charge on any atom is 0.256 e. The number of methoxy groups -OCH3 is 3. The first-order chi connectivity index (χ1) is 16.1. The molecule has 33 heavy (non-hydrogen) atoms. The molecule has 0 spiro atoms. The minimum atomic E-state index is -0.313. The smallest absolute Gasteiger partial charge is 0.256 e. The van der Waals surface area contributed by atoms with E-state index in [1.165, 1.54) is 16.9 Å². The van der Waals surface area contributed by atoms with Crippen LogP contribution in [-0.4, -0.2) is 27.2 Å². The zero-order chi connectivity index (χ0) is 22.9. The van der Waals surface area contributed by atoms with E-state index in [1.807, 2.05) is 30.3 Å². The molecule has 1 N–H and O–H groups in total. The Balaban J connectivity index is 1.60. The highest BCUT2D eigenvalue weighted by atomic mass is 32.1. The summed E-state index contributed by atoms with van der Waals surface area (Å²) >= 11 is 1.78. The average molecular weight is 465 g/mol. The Hall–Kier alpha value is -3.19. The van der Waals surface area contributed by atoms with E-state index in [4.69, 9.17) is 14.2 Å². The molecule has 0 unspecified atom stereocenters. The van der Waals surface area contributed by atoms with Crippen molar-refractivity contribution in [2.75, 3.05) is 26.2 Å². The van der Waals surface area contributed by atoms with Crippen LogP contribution in [-0.2, 0) is 19.4 Å².